The average Bonchev–Trinajstić information content (AvgIpc) is 2.76. The molecule has 0 unspecified atom stereocenters. The van der Waals surface area contributed by atoms with Crippen molar-refractivity contribution in [1.29, 1.82) is 0 Å². The minimum absolute atomic E-state index is 0.0607. The lowest BCUT2D eigenvalue weighted by Gasteiger charge is -2.34. The molecule has 0 aliphatic carbocycles. The Bertz CT molecular complexity index is 1130. The summed E-state index contributed by atoms with van der Waals surface area (Å²) in [6.45, 7) is 2.07. The van der Waals surface area contributed by atoms with E-state index < -0.39 is 11.8 Å². The number of carboxylic acids is 1. The number of benzene rings is 2. The molecule has 1 fully saturated rings. The second-order valence-corrected chi connectivity index (χ2v) is 7.34. The number of aromatic nitrogens is 2. The highest BCUT2D eigenvalue weighted by atomic mass is 16.7. The fraction of sp³-hybridized carbons (Fsp3) is 0.318. The summed E-state index contributed by atoms with van der Waals surface area (Å²) in [6, 6.07) is 14.6. The Morgan fingerprint density at radius 2 is 1.87 bits per heavy atom. The van der Waals surface area contributed by atoms with Gasteiger partial charge in [0.15, 0.2) is 0 Å². The molecule has 2 aromatic carbocycles. The van der Waals surface area contributed by atoms with E-state index in [-0.39, 0.29) is 31.3 Å². The van der Waals surface area contributed by atoms with Gasteiger partial charge in [-0.15, -0.1) is 0 Å². The van der Waals surface area contributed by atoms with Gasteiger partial charge in [-0.25, -0.2) is 9.78 Å². The van der Waals surface area contributed by atoms with E-state index in [9.17, 15) is 9.59 Å². The fourth-order valence-corrected chi connectivity index (χ4v) is 3.30. The van der Waals surface area contributed by atoms with Crippen LogP contribution in [-0.2, 0) is 27.9 Å². The van der Waals surface area contributed by atoms with E-state index in [1.54, 1.807) is 19.2 Å². The summed E-state index contributed by atoms with van der Waals surface area (Å²) < 4.78 is 18.1. The van der Waals surface area contributed by atoms with Crippen LogP contribution >= 0.6 is 0 Å². The topological polar surface area (TPSA) is 99.9 Å². The number of carbonyl (C=O) groups is 1. The normalized spacial score (nSPS) is 21.5. The molecule has 1 saturated heterocycles. The SMILES string of the molecule is Cn1c(COc2ccc(C3COC(C)(C(=O)O)OC3)cc2)nc2ccccc2c1=O. The van der Waals surface area contributed by atoms with Gasteiger partial charge in [0.25, 0.3) is 11.3 Å². The van der Waals surface area contributed by atoms with Gasteiger partial charge in [0, 0.05) is 19.9 Å². The lowest BCUT2D eigenvalue weighted by molar-refractivity contribution is -0.262. The number of carboxylic acid groups (broad SMARTS) is 1. The van der Waals surface area contributed by atoms with Crippen LogP contribution in [0.1, 0.15) is 24.2 Å². The van der Waals surface area contributed by atoms with E-state index in [1.807, 2.05) is 36.4 Å². The van der Waals surface area contributed by atoms with E-state index in [2.05, 4.69) is 4.98 Å². The highest BCUT2D eigenvalue weighted by molar-refractivity contribution is 5.77. The van der Waals surface area contributed by atoms with Gasteiger partial charge >= 0.3 is 5.97 Å². The molecule has 1 N–H and O–H groups in total. The van der Waals surface area contributed by atoms with E-state index in [0.29, 0.717) is 22.5 Å². The largest absolute Gasteiger partial charge is 0.486 e. The summed E-state index contributed by atoms with van der Waals surface area (Å²) in [5.74, 6) is -1.63. The third-order valence-electron chi connectivity index (χ3n) is 5.30. The Morgan fingerprint density at radius 3 is 2.53 bits per heavy atom. The summed E-state index contributed by atoms with van der Waals surface area (Å²) in [5, 5.41) is 9.72. The van der Waals surface area contributed by atoms with Crippen LogP contribution in [0.5, 0.6) is 5.75 Å². The van der Waals surface area contributed by atoms with Crippen LogP contribution < -0.4 is 10.3 Å². The van der Waals surface area contributed by atoms with E-state index in [0.717, 1.165) is 5.56 Å². The van der Waals surface area contributed by atoms with Gasteiger partial charge in [0.2, 0.25) is 0 Å². The van der Waals surface area contributed by atoms with Crippen LogP contribution in [0.4, 0.5) is 0 Å². The molecule has 1 aliphatic heterocycles. The van der Waals surface area contributed by atoms with E-state index in [1.165, 1.54) is 11.5 Å². The van der Waals surface area contributed by atoms with Gasteiger partial charge < -0.3 is 19.3 Å². The smallest absolute Gasteiger partial charge is 0.364 e. The monoisotopic (exact) mass is 410 g/mol. The van der Waals surface area contributed by atoms with Crippen molar-refractivity contribution in [3.8, 4) is 5.75 Å². The molecule has 2 heterocycles. The molecule has 4 rings (SSSR count). The first-order valence-electron chi connectivity index (χ1n) is 9.56. The van der Waals surface area contributed by atoms with Crippen LogP contribution in [0.25, 0.3) is 10.9 Å². The zero-order valence-electron chi connectivity index (χ0n) is 16.7. The molecule has 8 nitrogen and oxygen atoms in total. The highest BCUT2D eigenvalue weighted by Gasteiger charge is 2.40. The van der Waals surface area contributed by atoms with Crippen LogP contribution in [-0.4, -0.2) is 39.6 Å². The number of aliphatic carboxylic acids is 1. The van der Waals surface area contributed by atoms with Crippen molar-refractivity contribution >= 4 is 16.9 Å². The van der Waals surface area contributed by atoms with Crippen LogP contribution in [0, 0.1) is 0 Å². The van der Waals surface area contributed by atoms with Crippen LogP contribution in [0.2, 0.25) is 0 Å². The van der Waals surface area contributed by atoms with Crippen molar-refractivity contribution in [1.82, 2.24) is 9.55 Å². The van der Waals surface area contributed by atoms with E-state index in [4.69, 9.17) is 19.3 Å². The molecule has 0 atom stereocenters. The van der Waals surface area contributed by atoms with Gasteiger partial charge in [-0.2, -0.15) is 0 Å². The molecule has 0 amide bonds. The summed E-state index contributed by atoms with van der Waals surface area (Å²) in [7, 11) is 1.68. The van der Waals surface area contributed by atoms with Gasteiger partial charge in [-0.3, -0.25) is 9.36 Å². The molecule has 0 radical (unpaired) electrons. The third-order valence-corrected chi connectivity index (χ3v) is 5.30. The van der Waals surface area contributed by atoms with Crippen molar-refractivity contribution < 1.29 is 24.1 Å². The maximum absolute atomic E-state index is 12.5. The Labute approximate surface area is 172 Å². The first-order chi connectivity index (χ1) is 14.4. The van der Waals surface area contributed by atoms with Gasteiger partial charge in [0.05, 0.1) is 24.1 Å². The standard InChI is InChI=1S/C22H22N2O6/c1-22(21(26)27)29-11-15(12-30-22)14-7-9-16(10-8-14)28-13-19-23-18-6-4-3-5-17(18)20(25)24(19)2/h3-10,15H,11-13H2,1-2H3,(H,26,27). The van der Waals surface area contributed by atoms with E-state index >= 15 is 0 Å². The molecule has 1 aromatic heterocycles. The molecule has 0 bridgehead atoms. The van der Waals surface area contributed by atoms with Crippen molar-refractivity contribution in [3.63, 3.8) is 0 Å². The quantitative estimate of drug-likeness (QED) is 0.690. The summed E-state index contributed by atoms with van der Waals surface area (Å²) >= 11 is 0. The van der Waals surface area contributed by atoms with Gasteiger partial charge in [-0.05, 0) is 29.8 Å². The number of para-hydroxylation sites is 1. The zero-order valence-corrected chi connectivity index (χ0v) is 16.7. The third kappa shape index (κ3) is 3.79. The Hall–Kier alpha value is -3.23. The second-order valence-electron chi connectivity index (χ2n) is 7.34. The Morgan fingerprint density at radius 1 is 1.20 bits per heavy atom. The first kappa shape index (κ1) is 20.1. The number of hydrogen-bond donors (Lipinski definition) is 1. The molecule has 1 aliphatic rings. The van der Waals surface area contributed by atoms with Crippen molar-refractivity contribution in [2.24, 2.45) is 7.05 Å². The molecule has 3 aromatic rings. The number of rotatable bonds is 5. The summed E-state index contributed by atoms with van der Waals surface area (Å²) in [6.07, 6.45) is 0. The molecule has 0 saturated carbocycles. The number of fused-ring (bicyclic) bond motifs is 1. The maximum Gasteiger partial charge on any atom is 0.364 e. The number of ether oxygens (including phenoxy) is 3. The fourth-order valence-electron chi connectivity index (χ4n) is 3.30. The van der Waals surface area contributed by atoms with Crippen molar-refractivity contribution in [2.75, 3.05) is 13.2 Å². The summed E-state index contributed by atoms with van der Waals surface area (Å²) in [5.41, 5.74) is 1.49. The second kappa shape index (κ2) is 7.89. The maximum atomic E-state index is 12.5. The predicted molar refractivity (Wildman–Crippen MR) is 108 cm³/mol. The number of nitrogens with zero attached hydrogens (tertiary/aromatic N) is 2. The lowest BCUT2D eigenvalue weighted by atomic mass is 9.99. The predicted octanol–water partition coefficient (Wildman–Crippen LogP) is 2.44. The highest BCUT2D eigenvalue weighted by Crippen LogP contribution is 2.29. The van der Waals surface area contributed by atoms with Gasteiger partial charge in [0.1, 0.15) is 18.2 Å². The Balaban J connectivity index is 1.43. The molecule has 8 heteroatoms. The Kier molecular flexibility index (Phi) is 5.27. The lowest BCUT2D eigenvalue weighted by Crippen LogP contribution is -2.47. The first-order valence-corrected chi connectivity index (χ1v) is 9.56. The molecular formula is C22H22N2O6. The minimum Gasteiger partial charge on any atom is -0.486 e. The molecule has 30 heavy (non-hydrogen) atoms. The zero-order chi connectivity index (χ0) is 21.3. The molecule has 156 valence electrons. The van der Waals surface area contributed by atoms with Crippen LogP contribution in [0.15, 0.2) is 53.3 Å². The summed E-state index contributed by atoms with van der Waals surface area (Å²) in [4.78, 5) is 28.2. The van der Waals surface area contributed by atoms with Crippen LogP contribution in [0.3, 0.4) is 0 Å². The molecular weight excluding hydrogens is 388 g/mol. The van der Waals surface area contributed by atoms with Crippen molar-refractivity contribution in [2.45, 2.75) is 25.2 Å². The average molecular weight is 410 g/mol. The van der Waals surface area contributed by atoms with Gasteiger partial charge in [-0.1, -0.05) is 24.3 Å². The molecule has 0 spiro atoms. The van der Waals surface area contributed by atoms with Crippen molar-refractivity contribution in [3.05, 3.63) is 70.3 Å². The minimum atomic E-state index is -1.59. The number of hydrogen-bond acceptors (Lipinski definition) is 6.